The SMILES string of the molecule is CC1(c2ccc(F)cc2)NC(=O)N(CC(=O)NCCc2ccc(Cl)cc2Cl)C1=O. The van der Waals surface area contributed by atoms with Gasteiger partial charge in [-0.2, -0.15) is 0 Å². The number of amides is 4. The van der Waals surface area contributed by atoms with E-state index in [9.17, 15) is 18.8 Å². The Kier molecular flexibility index (Phi) is 6.10. The third-order valence-electron chi connectivity index (χ3n) is 4.73. The molecule has 1 saturated heterocycles. The van der Waals surface area contributed by atoms with Gasteiger partial charge in [0.2, 0.25) is 5.91 Å². The first-order valence-electron chi connectivity index (χ1n) is 8.81. The van der Waals surface area contributed by atoms with E-state index in [0.29, 0.717) is 22.0 Å². The molecule has 2 aromatic carbocycles. The van der Waals surface area contributed by atoms with Crippen LogP contribution in [0.15, 0.2) is 42.5 Å². The van der Waals surface area contributed by atoms with Crippen molar-refractivity contribution in [2.75, 3.05) is 13.1 Å². The summed E-state index contributed by atoms with van der Waals surface area (Å²) in [5.41, 5.74) is -0.116. The van der Waals surface area contributed by atoms with E-state index in [2.05, 4.69) is 10.6 Å². The summed E-state index contributed by atoms with van der Waals surface area (Å²) in [7, 11) is 0. The summed E-state index contributed by atoms with van der Waals surface area (Å²) in [5, 5.41) is 6.25. The topological polar surface area (TPSA) is 78.5 Å². The van der Waals surface area contributed by atoms with Crippen LogP contribution in [0.2, 0.25) is 10.0 Å². The van der Waals surface area contributed by atoms with Crippen LogP contribution in [-0.2, 0) is 21.5 Å². The smallest absolute Gasteiger partial charge is 0.325 e. The minimum atomic E-state index is -1.36. The van der Waals surface area contributed by atoms with E-state index in [4.69, 9.17) is 23.2 Å². The molecule has 0 bridgehead atoms. The number of carbonyl (C=O) groups excluding carboxylic acids is 3. The van der Waals surface area contributed by atoms with Gasteiger partial charge in [0.05, 0.1) is 0 Å². The van der Waals surface area contributed by atoms with E-state index in [0.717, 1.165) is 10.5 Å². The zero-order chi connectivity index (χ0) is 21.2. The molecule has 2 aromatic rings. The quantitative estimate of drug-likeness (QED) is 0.680. The Bertz CT molecular complexity index is 968. The number of imide groups is 1. The molecule has 1 atom stereocenters. The number of urea groups is 1. The lowest BCUT2D eigenvalue weighted by atomic mass is 9.92. The van der Waals surface area contributed by atoms with Crippen LogP contribution in [0, 0.1) is 5.82 Å². The van der Waals surface area contributed by atoms with Gasteiger partial charge in [-0.3, -0.25) is 14.5 Å². The van der Waals surface area contributed by atoms with Crippen LogP contribution in [0.25, 0.3) is 0 Å². The average molecular weight is 438 g/mol. The van der Waals surface area contributed by atoms with Crippen molar-refractivity contribution in [3.8, 4) is 0 Å². The normalized spacial score (nSPS) is 18.7. The third-order valence-corrected chi connectivity index (χ3v) is 5.32. The fourth-order valence-electron chi connectivity index (χ4n) is 3.08. The molecule has 6 nitrogen and oxygen atoms in total. The summed E-state index contributed by atoms with van der Waals surface area (Å²) in [6, 6.07) is 9.66. The number of benzene rings is 2. The van der Waals surface area contributed by atoms with Gasteiger partial charge in [-0.25, -0.2) is 9.18 Å². The Hall–Kier alpha value is -2.64. The summed E-state index contributed by atoms with van der Waals surface area (Å²) in [6.45, 7) is 1.37. The number of nitrogens with one attached hydrogen (secondary N) is 2. The van der Waals surface area contributed by atoms with Crippen LogP contribution in [0.1, 0.15) is 18.1 Å². The van der Waals surface area contributed by atoms with Gasteiger partial charge in [0.15, 0.2) is 0 Å². The summed E-state index contributed by atoms with van der Waals surface area (Å²) in [5.74, 6) is -1.52. The molecular formula is C20H18Cl2FN3O3. The van der Waals surface area contributed by atoms with Crippen molar-refractivity contribution >= 4 is 41.0 Å². The summed E-state index contributed by atoms with van der Waals surface area (Å²) >= 11 is 11.9. The van der Waals surface area contributed by atoms with E-state index in [1.165, 1.54) is 31.2 Å². The minimum Gasteiger partial charge on any atom is -0.354 e. The fourth-order valence-corrected chi connectivity index (χ4v) is 3.58. The van der Waals surface area contributed by atoms with E-state index < -0.39 is 35.7 Å². The van der Waals surface area contributed by atoms with Crippen molar-refractivity contribution in [1.82, 2.24) is 15.5 Å². The molecule has 152 valence electrons. The molecule has 2 N–H and O–H groups in total. The molecule has 0 saturated carbocycles. The number of nitrogens with zero attached hydrogens (tertiary/aromatic N) is 1. The second-order valence-corrected chi connectivity index (χ2v) is 7.63. The number of hydrogen-bond acceptors (Lipinski definition) is 3. The van der Waals surface area contributed by atoms with Crippen LogP contribution in [0.3, 0.4) is 0 Å². The first-order chi connectivity index (χ1) is 13.7. The number of halogens is 3. The monoisotopic (exact) mass is 437 g/mol. The fraction of sp³-hybridized carbons (Fsp3) is 0.250. The molecule has 0 aliphatic carbocycles. The van der Waals surface area contributed by atoms with E-state index >= 15 is 0 Å². The Morgan fingerprint density at radius 2 is 1.86 bits per heavy atom. The van der Waals surface area contributed by atoms with Gasteiger partial charge in [0.1, 0.15) is 17.9 Å². The van der Waals surface area contributed by atoms with Gasteiger partial charge < -0.3 is 10.6 Å². The largest absolute Gasteiger partial charge is 0.354 e. The van der Waals surface area contributed by atoms with E-state index in [-0.39, 0.29) is 6.54 Å². The van der Waals surface area contributed by atoms with Gasteiger partial charge >= 0.3 is 6.03 Å². The average Bonchev–Trinajstić information content (AvgIpc) is 2.88. The Labute approximate surface area is 177 Å². The highest BCUT2D eigenvalue weighted by molar-refractivity contribution is 6.35. The molecule has 1 aliphatic heterocycles. The zero-order valence-electron chi connectivity index (χ0n) is 15.5. The highest BCUT2D eigenvalue weighted by Crippen LogP contribution is 2.28. The summed E-state index contributed by atoms with van der Waals surface area (Å²) in [4.78, 5) is 38.1. The standard InChI is InChI=1S/C20H18Cl2FN3O3/c1-20(13-3-6-15(23)7-4-13)18(28)26(19(29)25-20)11-17(27)24-9-8-12-2-5-14(21)10-16(12)22/h2-7,10H,8-9,11H2,1H3,(H,24,27)(H,25,29). The Morgan fingerprint density at radius 1 is 1.17 bits per heavy atom. The molecule has 4 amide bonds. The molecular weight excluding hydrogens is 420 g/mol. The van der Waals surface area contributed by atoms with E-state index in [1.54, 1.807) is 18.2 Å². The molecule has 0 aromatic heterocycles. The Morgan fingerprint density at radius 3 is 2.52 bits per heavy atom. The third kappa shape index (κ3) is 4.52. The first-order valence-corrected chi connectivity index (χ1v) is 9.57. The van der Waals surface area contributed by atoms with Crippen LogP contribution in [-0.4, -0.2) is 35.8 Å². The van der Waals surface area contributed by atoms with Crippen molar-refractivity contribution in [2.24, 2.45) is 0 Å². The molecule has 3 rings (SSSR count). The highest BCUT2D eigenvalue weighted by atomic mass is 35.5. The van der Waals surface area contributed by atoms with Crippen molar-refractivity contribution in [3.63, 3.8) is 0 Å². The van der Waals surface area contributed by atoms with Gasteiger partial charge in [0, 0.05) is 16.6 Å². The van der Waals surface area contributed by atoms with E-state index in [1.807, 2.05) is 0 Å². The molecule has 1 fully saturated rings. The first kappa shape index (κ1) is 21.1. The van der Waals surface area contributed by atoms with Crippen molar-refractivity contribution < 1.29 is 18.8 Å². The van der Waals surface area contributed by atoms with Crippen molar-refractivity contribution in [2.45, 2.75) is 18.9 Å². The number of rotatable bonds is 6. The number of hydrogen-bond donors (Lipinski definition) is 2. The van der Waals surface area contributed by atoms with Gasteiger partial charge in [-0.05, 0) is 48.7 Å². The van der Waals surface area contributed by atoms with Gasteiger partial charge in [-0.1, -0.05) is 41.4 Å². The van der Waals surface area contributed by atoms with Gasteiger partial charge in [-0.15, -0.1) is 0 Å². The van der Waals surface area contributed by atoms with Crippen LogP contribution < -0.4 is 10.6 Å². The van der Waals surface area contributed by atoms with Gasteiger partial charge in [0.25, 0.3) is 5.91 Å². The molecule has 1 heterocycles. The maximum Gasteiger partial charge on any atom is 0.325 e. The van der Waals surface area contributed by atoms with Crippen molar-refractivity contribution in [1.29, 1.82) is 0 Å². The van der Waals surface area contributed by atoms with Crippen LogP contribution in [0.5, 0.6) is 0 Å². The summed E-state index contributed by atoms with van der Waals surface area (Å²) < 4.78 is 13.2. The molecule has 29 heavy (non-hydrogen) atoms. The molecule has 0 spiro atoms. The Balaban J connectivity index is 1.59. The lowest BCUT2D eigenvalue weighted by Gasteiger charge is -2.22. The molecule has 0 radical (unpaired) electrons. The predicted octanol–water partition coefficient (Wildman–Crippen LogP) is 3.26. The maximum atomic E-state index is 13.2. The lowest BCUT2D eigenvalue weighted by molar-refractivity contribution is -0.134. The molecule has 1 aliphatic rings. The minimum absolute atomic E-state index is 0.277. The second kappa shape index (κ2) is 8.39. The highest BCUT2D eigenvalue weighted by Gasteiger charge is 2.49. The van der Waals surface area contributed by atoms with Crippen LogP contribution >= 0.6 is 23.2 Å². The van der Waals surface area contributed by atoms with Crippen molar-refractivity contribution in [3.05, 3.63) is 69.5 Å². The lowest BCUT2D eigenvalue weighted by Crippen LogP contribution is -2.43. The van der Waals surface area contributed by atoms with Crippen LogP contribution in [0.4, 0.5) is 9.18 Å². The predicted molar refractivity (Wildman–Crippen MR) is 107 cm³/mol. The molecule has 1 unspecified atom stereocenters. The summed E-state index contributed by atoms with van der Waals surface area (Å²) in [6.07, 6.45) is 0.467. The molecule has 9 heteroatoms. The maximum absolute atomic E-state index is 13.2. The zero-order valence-corrected chi connectivity index (χ0v) is 17.0. The second-order valence-electron chi connectivity index (χ2n) is 6.79. The number of carbonyl (C=O) groups is 3.